The van der Waals surface area contributed by atoms with Crippen LogP contribution in [0.25, 0.3) is 0 Å². The van der Waals surface area contributed by atoms with Gasteiger partial charge in [-0.3, -0.25) is 0 Å². The van der Waals surface area contributed by atoms with Crippen LogP contribution in [0.3, 0.4) is 0 Å². The van der Waals surface area contributed by atoms with E-state index in [9.17, 15) is 5.11 Å². The van der Waals surface area contributed by atoms with Gasteiger partial charge in [0.2, 0.25) is 0 Å². The number of ether oxygens (including phenoxy) is 2. The van der Waals surface area contributed by atoms with Crippen molar-refractivity contribution in [2.24, 2.45) is 5.41 Å². The molecule has 1 aliphatic rings. The van der Waals surface area contributed by atoms with E-state index in [0.717, 1.165) is 11.1 Å². The first-order valence-electron chi connectivity index (χ1n) is 5.54. The van der Waals surface area contributed by atoms with Gasteiger partial charge in [-0.2, -0.15) is 0 Å². The predicted octanol–water partition coefficient (Wildman–Crippen LogP) is 2.25. The number of aliphatic hydroxyl groups is 1. The molecule has 0 saturated carbocycles. The minimum absolute atomic E-state index is 0.0167. The Morgan fingerprint density at radius 2 is 1.88 bits per heavy atom. The summed E-state index contributed by atoms with van der Waals surface area (Å²) in [5.74, 6) is 0. The molecule has 0 bridgehead atoms. The van der Waals surface area contributed by atoms with Crippen molar-refractivity contribution in [2.75, 3.05) is 13.2 Å². The van der Waals surface area contributed by atoms with E-state index in [0.29, 0.717) is 13.2 Å². The second-order valence-corrected chi connectivity index (χ2v) is 4.98. The normalized spacial score (nSPS) is 20.9. The van der Waals surface area contributed by atoms with Crippen LogP contribution < -0.4 is 0 Å². The van der Waals surface area contributed by atoms with Gasteiger partial charge >= 0.3 is 0 Å². The largest absolute Gasteiger partial charge is 0.392 e. The molecule has 1 saturated heterocycles. The monoisotopic (exact) mass is 222 g/mol. The molecule has 0 radical (unpaired) electrons. The SMILES string of the molecule is CC1(C)COC(c2ccccc2CO)OC1. The zero-order chi connectivity index (χ0) is 11.6. The van der Waals surface area contributed by atoms with E-state index in [1.165, 1.54) is 0 Å². The maximum atomic E-state index is 9.24. The molecule has 1 aliphatic heterocycles. The molecule has 3 nitrogen and oxygen atoms in total. The molecule has 1 N–H and O–H groups in total. The van der Waals surface area contributed by atoms with Gasteiger partial charge in [-0.05, 0) is 5.56 Å². The molecule has 0 spiro atoms. The van der Waals surface area contributed by atoms with Crippen molar-refractivity contribution >= 4 is 0 Å². The lowest BCUT2D eigenvalue weighted by Crippen LogP contribution is -2.34. The molecule has 0 atom stereocenters. The van der Waals surface area contributed by atoms with Crippen molar-refractivity contribution in [3.63, 3.8) is 0 Å². The Balaban J connectivity index is 2.14. The third-order valence-corrected chi connectivity index (χ3v) is 2.73. The number of aliphatic hydroxyl groups excluding tert-OH is 1. The van der Waals surface area contributed by atoms with E-state index in [4.69, 9.17) is 9.47 Å². The summed E-state index contributed by atoms with van der Waals surface area (Å²) in [4.78, 5) is 0. The summed E-state index contributed by atoms with van der Waals surface area (Å²) in [7, 11) is 0. The first-order valence-corrected chi connectivity index (χ1v) is 5.54. The van der Waals surface area contributed by atoms with Gasteiger partial charge in [-0.15, -0.1) is 0 Å². The first-order chi connectivity index (χ1) is 7.62. The lowest BCUT2D eigenvalue weighted by atomic mass is 9.95. The summed E-state index contributed by atoms with van der Waals surface area (Å²) in [5, 5.41) is 9.24. The summed E-state index contributed by atoms with van der Waals surface area (Å²) in [6, 6.07) is 7.67. The number of rotatable bonds is 2. The van der Waals surface area contributed by atoms with Crippen molar-refractivity contribution < 1.29 is 14.6 Å². The Bertz CT molecular complexity index is 350. The molecule has 0 amide bonds. The zero-order valence-electron chi connectivity index (χ0n) is 9.77. The number of hydrogen-bond acceptors (Lipinski definition) is 3. The quantitative estimate of drug-likeness (QED) is 0.834. The molecular weight excluding hydrogens is 204 g/mol. The summed E-state index contributed by atoms with van der Waals surface area (Å²) in [6.45, 7) is 5.60. The van der Waals surface area contributed by atoms with E-state index in [2.05, 4.69) is 13.8 Å². The molecule has 3 heteroatoms. The van der Waals surface area contributed by atoms with Crippen LogP contribution in [-0.4, -0.2) is 18.3 Å². The predicted molar refractivity (Wildman–Crippen MR) is 60.8 cm³/mol. The van der Waals surface area contributed by atoms with Gasteiger partial charge in [0.1, 0.15) is 0 Å². The molecular formula is C13H18O3. The second-order valence-electron chi connectivity index (χ2n) is 4.98. The highest BCUT2D eigenvalue weighted by atomic mass is 16.7. The molecule has 1 aromatic rings. The zero-order valence-corrected chi connectivity index (χ0v) is 9.77. The Morgan fingerprint density at radius 3 is 2.50 bits per heavy atom. The van der Waals surface area contributed by atoms with E-state index >= 15 is 0 Å². The number of benzene rings is 1. The molecule has 16 heavy (non-hydrogen) atoms. The Kier molecular flexibility index (Phi) is 3.28. The highest BCUT2D eigenvalue weighted by Gasteiger charge is 2.29. The molecule has 88 valence electrons. The summed E-state index contributed by atoms with van der Waals surface area (Å²) < 4.78 is 11.4. The molecule has 0 unspecified atom stereocenters. The minimum Gasteiger partial charge on any atom is -0.392 e. The molecule has 1 fully saturated rings. The summed E-state index contributed by atoms with van der Waals surface area (Å²) in [6.07, 6.45) is -0.337. The van der Waals surface area contributed by atoms with Gasteiger partial charge < -0.3 is 14.6 Å². The van der Waals surface area contributed by atoms with Gasteiger partial charge in [-0.25, -0.2) is 0 Å². The van der Waals surface area contributed by atoms with Gasteiger partial charge in [0.25, 0.3) is 0 Å². The van der Waals surface area contributed by atoms with Crippen molar-refractivity contribution in [3.8, 4) is 0 Å². The summed E-state index contributed by atoms with van der Waals surface area (Å²) >= 11 is 0. The molecule has 1 aromatic carbocycles. The van der Waals surface area contributed by atoms with Gasteiger partial charge in [-0.1, -0.05) is 38.1 Å². The average Bonchev–Trinajstić information content (AvgIpc) is 2.29. The molecule has 0 aromatic heterocycles. The fourth-order valence-electron chi connectivity index (χ4n) is 1.78. The van der Waals surface area contributed by atoms with Crippen molar-refractivity contribution in [1.82, 2.24) is 0 Å². The topological polar surface area (TPSA) is 38.7 Å². The molecule has 2 rings (SSSR count). The third kappa shape index (κ3) is 2.43. The maximum Gasteiger partial charge on any atom is 0.184 e. The lowest BCUT2D eigenvalue weighted by molar-refractivity contribution is -0.226. The Labute approximate surface area is 96.0 Å². The fraction of sp³-hybridized carbons (Fsp3) is 0.538. The van der Waals surface area contributed by atoms with E-state index < -0.39 is 0 Å². The van der Waals surface area contributed by atoms with E-state index in [1.54, 1.807) is 0 Å². The van der Waals surface area contributed by atoms with Crippen LogP contribution in [-0.2, 0) is 16.1 Å². The molecule has 1 heterocycles. The lowest BCUT2D eigenvalue weighted by Gasteiger charge is -2.35. The van der Waals surface area contributed by atoms with Gasteiger partial charge in [0, 0.05) is 11.0 Å². The highest BCUT2D eigenvalue weighted by molar-refractivity contribution is 5.27. The van der Waals surface area contributed by atoms with Crippen LogP contribution in [0.4, 0.5) is 0 Å². The Morgan fingerprint density at radius 1 is 1.25 bits per heavy atom. The van der Waals surface area contributed by atoms with Crippen LogP contribution in [0.2, 0.25) is 0 Å². The summed E-state index contributed by atoms with van der Waals surface area (Å²) in [5.41, 5.74) is 1.87. The molecule has 0 aliphatic carbocycles. The Hall–Kier alpha value is -0.900. The number of hydrogen-bond donors (Lipinski definition) is 1. The van der Waals surface area contributed by atoms with Crippen LogP contribution in [0.15, 0.2) is 24.3 Å². The van der Waals surface area contributed by atoms with E-state index in [1.807, 2.05) is 24.3 Å². The smallest absolute Gasteiger partial charge is 0.184 e. The van der Waals surface area contributed by atoms with Crippen LogP contribution in [0.1, 0.15) is 31.3 Å². The van der Waals surface area contributed by atoms with Crippen molar-refractivity contribution in [3.05, 3.63) is 35.4 Å². The van der Waals surface area contributed by atoms with Crippen molar-refractivity contribution in [1.29, 1.82) is 0 Å². The second kappa shape index (κ2) is 4.53. The van der Waals surface area contributed by atoms with Crippen LogP contribution >= 0.6 is 0 Å². The van der Waals surface area contributed by atoms with Crippen LogP contribution in [0.5, 0.6) is 0 Å². The van der Waals surface area contributed by atoms with Gasteiger partial charge in [0.15, 0.2) is 6.29 Å². The van der Waals surface area contributed by atoms with Crippen molar-refractivity contribution in [2.45, 2.75) is 26.7 Å². The fourth-order valence-corrected chi connectivity index (χ4v) is 1.78. The standard InChI is InChI=1S/C13H18O3/c1-13(2)8-15-12(16-9-13)11-6-4-3-5-10(11)7-14/h3-6,12,14H,7-9H2,1-2H3. The highest BCUT2D eigenvalue weighted by Crippen LogP contribution is 2.32. The van der Waals surface area contributed by atoms with E-state index in [-0.39, 0.29) is 18.3 Å². The van der Waals surface area contributed by atoms with Crippen LogP contribution in [0, 0.1) is 5.41 Å². The minimum atomic E-state index is -0.337. The third-order valence-electron chi connectivity index (χ3n) is 2.73. The average molecular weight is 222 g/mol. The van der Waals surface area contributed by atoms with Gasteiger partial charge in [0.05, 0.1) is 19.8 Å². The maximum absolute atomic E-state index is 9.24. The first kappa shape index (κ1) is 11.6.